The summed E-state index contributed by atoms with van der Waals surface area (Å²) in [6.07, 6.45) is -2.64. The number of alkyl halides is 2. The summed E-state index contributed by atoms with van der Waals surface area (Å²) < 4.78 is 24.9. The quantitative estimate of drug-likeness (QED) is 0.891. The van der Waals surface area contributed by atoms with Crippen molar-refractivity contribution in [3.05, 3.63) is 42.5 Å². The highest BCUT2D eigenvalue weighted by atomic mass is 19.3. The molecule has 2 amide bonds. The van der Waals surface area contributed by atoms with Crippen LogP contribution in [0.3, 0.4) is 0 Å². The molecule has 0 atom stereocenters. The van der Waals surface area contributed by atoms with Gasteiger partial charge in [-0.3, -0.25) is 0 Å². The minimum absolute atomic E-state index is 0.138. The Hall–Kier alpha value is -2.21. The van der Waals surface area contributed by atoms with Gasteiger partial charge >= 0.3 is 6.03 Å². The van der Waals surface area contributed by atoms with Crippen molar-refractivity contribution in [1.29, 1.82) is 0 Å². The van der Waals surface area contributed by atoms with Crippen LogP contribution >= 0.6 is 0 Å². The normalized spacial score (nSPS) is 10.9. The maximum absolute atomic E-state index is 12.5. The molecule has 0 aromatic heterocycles. The molecule has 2 aromatic rings. The summed E-state index contributed by atoms with van der Waals surface area (Å²) in [5, 5.41) is 13.3. The molecule has 0 bridgehead atoms. The summed E-state index contributed by atoms with van der Waals surface area (Å²) >= 11 is 0. The second-order valence-corrected chi connectivity index (χ2v) is 4.52. The fraction of sp³-hybridized carbons (Fsp3) is 0.267. The van der Waals surface area contributed by atoms with E-state index in [4.69, 9.17) is 5.11 Å². The molecule has 4 nitrogen and oxygen atoms in total. The van der Waals surface area contributed by atoms with Crippen LogP contribution in [0.25, 0.3) is 10.8 Å². The number of hydrogen-bond acceptors (Lipinski definition) is 2. The van der Waals surface area contributed by atoms with Crippen molar-refractivity contribution < 1.29 is 18.7 Å². The van der Waals surface area contributed by atoms with Crippen molar-refractivity contribution in [1.82, 2.24) is 4.90 Å². The van der Waals surface area contributed by atoms with Crippen molar-refractivity contribution in [2.75, 3.05) is 25.0 Å². The van der Waals surface area contributed by atoms with E-state index in [0.29, 0.717) is 5.69 Å². The average Bonchev–Trinajstić information content (AvgIpc) is 2.47. The van der Waals surface area contributed by atoms with E-state index in [1.165, 1.54) is 0 Å². The molecule has 2 N–H and O–H groups in total. The number of carbonyl (C=O) groups excluding carboxylic acids is 1. The number of hydrogen-bond donors (Lipinski definition) is 2. The predicted octanol–water partition coefficient (Wildman–Crippen LogP) is 2.93. The lowest BCUT2D eigenvalue weighted by Crippen LogP contribution is -2.40. The Balaban J connectivity index is 2.20. The number of carbonyl (C=O) groups is 1. The van der Waals surface area contributed by atoms with Gasteiger partial charge in [-0.2, -0.15) is 0 Å². The van der Waals surface area contributed by atoms with Gasteiger partial charge in [-0.15, -0.1) is 0 Å². The van der Waals surface area contributed by atoms with Gasteiger partial charge in [0.25, 0.3) is 6.43 Å². The van der Waals surface area contributed by atoms with E-state index in [2.05, 4.69) is 5.32 Å². The first kappa shape index (κ1) is 15.2. The van der Waals surface area contributed by atoms with Crippen molar-refractivity contribution >= 4 is 22.5 Å². The number of rotatable bonds is 5. The number of aliphatic hydroxyl groups excluding tert-OH is 1. The molecular weight excluding hydrogens is 278 g/mol. The minimum atomic E-state index is -2.64. The molecule has 0 fully saturated rings. The highest BCUT2D eigenvalue weighted by Gasteiger charge is 2.18. The lowest BCUT2D eigenvalue weighted by atomic mass is 10.1. The van der Waals surface area contributed by atoms with Gasteiger partial charge in [-0.1, -0.05) is 36.4 Å². The Morgan fingerprint density at radius 1 is 1.19 bits per heavy atom. The van der Waals surface area contributed by atoms with Crippen molar-refractivity contribution in [2.24, 2.45) is 0 Å². The summed E-state index contributed by atoms with van der Waals surface area (Å²) in [5.74, 6) is 0. The van der Waals surface area contributed by atoms with Crippen LogP contribution in [0.5, 0.6) is 0 Å². The zero-order valence-corrected chi connectivity index (χ0v) is 11.3. The molecule has 6 heteroatoms. The molecule has 0 unspecified atom stereocenters. The zero-order chi connectivity index (χ0) is 15.2. The lowest BCUT2D eigenvalue weighted by molar-refractivity contribution is 0.0943. The Labute approximate surface area is 121 Å². The highest BCUT2D eigenvalue weighted by Crippen LogP contribution is 2.23. The van der Waals surface area contributed by atoms with Crippen LogP contribution in [0.15, 0.2) is 42.5 Å². The average molecular weight is 294 g/mol. The number of nitrogens with one attached hydrogen (secondary N) is 1. The fourth-order valence-corrected chi connectivity index (χ4v) is 2.09. The van der Waals surface area contributed by atoms with Crippen LogP contribution in [0, 0.1) is 0 Å². The number of nitrogens with zero attached hydrogens (tertiary/aromatic N) is 1. The van der Waals surface area contributed by atoms with Gasteiger partial charge in [0, 0.05) is 11.9 Å². The number of halogens is 2. The highest BCUT2D eigenvalue weighted by molar-refractivity contribution is 6.01. The molecule has 0 saturated carbocycles. The minimum Gasteiger partial charge on any atom is -0.395 e. The first-order chi connectivity index (χ1) is 10.1. The summed E-state index contributed by atoms with van der Waals surface area (Å²) in [5.41, 5.74) is 0.551. The molecule has 0 radical (unpaired) electrons. The van der Waals surface area contributed by atoms with E-state index < -0.39 is 19.0 Å². The van der Waals surface area contributed by atoms with Crippen molar-refractivity contribution in [2.45, 2.75) is 6.43 Å². The van der Waals surface area contributed by atoms with E-state index in [1.807, 2.05) is 30.3 Å². The molecule has 0 heterocycles. The Morgan fingerprint density at radius 2 is 1.90 bits per heavy atom. The first-order valence-electron chi connectivity index (χ1n) is 6.54. The van der Waals surface area contributed by atoms with E-state index in [-0.39, 0.29) is 13.2 Å². The topological polar surface area (TPSA) is 52.6 Å². The van der Waals surface area contributed by atoms with Gasteiger partial charge in [0.15, 0.2) is 0 Å². The molecule has 0 aliphatic carbocycles. The SMILES string of the molecule is O=C(Nc1cccc2ccccc12)N(CCO)CC(F)F. The summed E-state index contributed by atoms with van der Waals surface area (Å²) in [6.45, 7) is -1.21. The number of anilines is 1. The van der Waals surface area contributed by atoms with Gasteiger partial charge < -0.3 is 15.3 Å². The molecule has 2 aromatic carbocycles. The Bertz CT molecular complexity index is 614. The van der Waals surface area contributed by atoms with Crippen LogP contribution in [0.1, 0.15) is 0 Å². The maximum atomic E-state index is 12.5. The van der Waals surface area contributed by atoms with Gasteiger partial charge in [0.05, 0.1) is 18.8 Å². The predicted molar refractivity (Wildman–Crippen MR) is 77.6 cm³/mol. The third-order valence-corrected chi connectivity index (χ3v) is 3.05. The largest absolute Gasteiger partial charge is 0.395 e. The van der Waals surface area contributed by atoms with Crippen LogP contribution in [-0.4, -0.2) is 42.2 Å². The monoisotopic (exact) mass is 294 g/mol. The van der Waals surface area contributed by atoms with Crippen LogP contribution < -0.4 is 5.32 Å². The van der Waals surface area contributed by atoms with Crippen molar-refractivity contribution in [3.63, 3.8) is 0 Å². The van der Waals surface area contributed by atoms with Crippen LogP contribution in [0.4, 0.5) is 19.3 Å². The lowest BCUT2D eigenvalue weighted by Gasteiger charge is -2.22. The molecule has 0 aliphatic heterocycles. The van der Waals surface area contributed by atoms with E-state index in [1.54, 1.807) is 12.1 Å². The molecule has 21 heavy (non-hydrogen) atoms. The third-order valence-electron chi connectivity index (χ3n) is 3.05. The number of fused-ring (bicyclic) bond motifs is 1. The smallest absolute Gasteiger partial charge is 0.322 e. The number of benzene rings is 2. The molecular formula is C15H16F2N2O2. The summed E-state index contributed by atoms with van der Waals surface area (Å²) in [6, 6.07) is 12.2. The van der Waals surface area contributed by atoms with E-state index in [0.717, 1.165) is 15.7 Å². The van der Waals surface area contributed by atoms with Gasteiger partial charge in [-0.25, -0.2) is 13.6 Å². The second-order valence-electron chi connectivity index (χ2n) is 4.52. The number of aliphatic hydroxyl groups is 1. The van der Waals surface area contributed by atoms with E-state index >= 15 is 0 Å². The number of urea groups is 1. The fourth-order valence-electron chi connectivity index (χ4n) is 2.09. The Kier molecular flexibility index (Phi) is 5.05. The molecule has 2 rings (SSSR count). The van der Waals surface area contributed by atoms with Gasteiger partial charge in [0.1, 0.15) is 0 Å². The number of amides is 2. The summed E-state index contributed by atoms with van der Waals surface area (Å²) in [7, 11) is 0. The van der Waals surface area contributed by atoms with Crippen LogP contribution in [-0.2, 0) is 0 Å². The van der Waals surface area contributed by atoms with Crippen LogP contribution in [0.2, 0.25) is 0 Å². The maximum Gasteiger partial charge on any atom is 0.322 e. The van der Waals surface area contributed by atoms with Gasteiger partial charge in [0.2, 0.25) is 0 Å². The zero-order valence-electron chi connectivity index (χ0n) is 11.3. The first-order valence-corrected chi connectivity index (χ1v) is 6.54. The van der Waals surface area contributed by atoms with Gasteiger partial charge in [-0.05, 0) is 11.5 Å². The Morgan fingerprint density at radius 3 is 2.62 bits per heavy atom. The van der Waals surface area contributed by atoms with Crippen molar-refractivity contribution in [3.8, 4) is 0 Å². The molecule has 0 aliphatic rings. The molecule has 112 valence electrons. The summed E-state index contributed by atoms with van der Waals surface area (Å²) in [4.78, 5) is 12.9. The van der Waals surface area contributed by atoms with E-state index in [9.17, 15) is 13.6 Å². The standard InChI is InChI=1S/C15H16F2N2O2/c16-14(17)10-19(8-9-20)15(21)18-13-7-3-5-11-4-1-2-6-12(11)13/h1-7,14,20H,8-10H2,(H,18,21). The molecule has 0 spiro atoms. The second kappa shape index (κ2) is 6.99. The third kappa shape index (κ3) is 3.88. The molecule has 0 saturated heterocycles.